The minimum atomic E-state index is -3.99. The molecule has 0 radical (unpaired) electrons. The fraction of sp³-hybridized carbons (Fsp3) is 0.440. The predicted molar refractivity (Wildman–Crippen MR) is 140 cm³/mol. The fourth-order valence-electron chi connectivity index (χ4n) is 3.93. The van der Waals surface area contributed by atoms with E-state index in [1.54, 1.807) is 20.8 Å². The second-order valence-corrected chi connectivity index (χ2v) is 12.6. The standard InChI is InChI=1S/C25H33N3O8S2/c1-5-36-25(30)19-6-10-22(11-7-19)38(33,34)28-16-14-27(15-17-28)24(29)23(18(2)3)26-37(31,32)21-12-8-20(35-4)9-13-21/h6-13,18,23,26H,5,14-17H2,1-4H3. The molecule has 38 heavy (non-hydrogen) atoms. The van der Waals surface area contributed by atoms with E-state index < -0.39 is 38.0 Å². The Bertz CT molecular complexity index is 1330. The summed E-state index contributed by atoms with van der Waals surface area (Å²) in [5, 5.41) is 0. The second kappa shape index (κ2) is 12.2. The Morgan fingerprint density at radius 2 is 1.45 bits per heavy atom. The van der Waals surface area contributed by atoms with Crippen molar-refractivity contribution in [3.8, 4) is 5.75 Å². The number of esters is 1. The number of nitrogens with one attached hydrogen (secondary N) is 1. The van der Waals surface area contributed by atoms with Gasteiger partial charge in [-0.05, 0) is 61.4 Å². The number of carbonyl (C=O) groups is 2. The highest BCUT2D eigenvalue weighted by Crippen LogP contribution is 2.21. The van der Waals surface area contributed by atoms with Gasteiger partial charge in [0.05, 0.1) is 29.1 Å². The molecule has 1 unspecified atom stereocenters. The van der Waals surface area contributed by atoms with E-state index in [2.05, 4.69) is 4.72 Å². The average Bonchev–Trinajstić information content (AvgIpc) is 2.91. The largest absolute Gasteiger partial charge is 0.497 e. The van der Waals surface area contributed by atoms with Crippen LogP contribution < -0.4 is 9.46 Å². The van der Waals surface area contributed by atoms with Gasteiger partial charge in [-0.3, -0.25) is 4.79 Å². The van der Waals surface area contributed by atoms with Crippen molar-refractivity contribution in [2.45, 2.75) is 36.6 Å². The Morgan fingerprint density at radius 1 is 0.895 bits per heavy atom. The smallest absolute Gasteiger partial charge is 0.338 e. The molecule has 1 fully saturated rings. The summed E-state index contributed by atoms with van der Waals surface area (Å²) in [7, 11) is -6.37. The number of hydrogen-bond donors (Lipinski definition) is 1. The number of piperazine rings is 1. The normalized spacial score (nSPS) is 15.8. The third-order valence-corrected chi connectivity index (χ3v) is 9.51. The molecule has 11 nitrogen and oxygen atoms in total. The maximum Gasteiger partial charge on any atom is 0.338 e. The summed E-state index contributed by atoms with van der Waals surface area (Å²) in [5.41, 5.74) is 0.248. The van der Waals surface area contributed by atoms with Crippen LogP contribution in [0.1, 0.15) is 31.1 Å². The number of hydrogen-bond acceptors (Lipinski definition) is 8. The van der Waals surface area contributed by atoms with Crippen LogP contribution in [0, 0.1) is 5.92 Å². The van der Waals surface area contributed by atoms with E-state index in [1.807, 2.05) is 0 Å². The van der Waals surface area contributed by atoms with Crippen LogP contribution in [-0.4, -0.2) is 83.9 Å². The number of ether oxygens (including phenoxy) is 2. The van der Waals surface area contributed by atoms with Gasteiger partial charge in [-0.15, -0.1) is 0 Å². The highest BCUT2D eigenvalue weighted by Gasteiger charge is 2.35. The molecule has 1 atom stereocenters. The van der Waals surface area contributed by atoms with Crippen molar-refractivity contribution in [2.75, 3.05) is 39.9 Å². The summed E-state index contributed by atoms with van der Waals surface area (Å²) >= 11 is 0. The van der Waals surface area contributed by atoms with Crippen molar-refractivity contribution in [1.29, 1.82) is 0 Å². The van der Waals surface area contributed by atoms with E-state index in [0.717, 1.165) is 0 Å². The fourth-order valence-corrected chi connectivity index (χ4v) is 6.69. The lowest BCUT2D eigenvalue weighted by molar-refractivity contribution is -0.135. The molecule has 208 valence electrons. The van der Waals surface area contributed by atoms with Crippen LogP contribution >= 0.6 is 0 Å². The molecule has 3 rings (SSSR count). The van der Waals surface area contributed by atoms with Crippen molar-refractivity contribution in [3.63, 3.8) is 0 Å². The molecular formula is C25H33N3O8S2. The first-order chi connectivity index (χ1) is 17.9. The van der Waals surface area contributed by atoms with E-state index in [0.29, 0.717) is 5.75 Å². The summed E-state index contributed by atoms with van der Waals surface area (Å²) in [4.78, 5) is 26.6. The second-order valence-electron chi connectivity index (χ2n) is 8.99. The Kier molecular flexibility index (Phi) is 9.52. The van der Waals surface area contributed by atoms with Crippen LogP contribution in [0.15, 0.2) is 58.3 Å². The van der Waals surface area contributed by atoms with Crippen LogP contribution in [-0.2, 0) is 29.6 Å². The number of sulfonamides is 2. The van der Waals surface area contributed by atoms with E-state index in [-0.39, 0.29) is 54.1 Å². The van der Waals surface area contributed by atoms with Crippen molar-refractivity contribution >= 4 is 31.9 Å². The molecule has 0 saturated carbocycles. The molecule has 0 aliphatic carbocycles. The zero-order valence-electron chi connectivity index (χ0n) is 21.8. The molecule has 1 N–H and O–H groups in total. The molecule has 2 aromatic carbocycles. The molecule has 1 saturated heterocycles. The van der Waals surface area contributed by atoms with E-state index in [4.69, 9.17) is 9.47 Å². The zero-order chi connectivity index (χ0) is 28.1. The van der Waals surface area contributed by atoms with Crippen LogP contribution in [0.25, 0.3) is 0 Å². The number of rotatable bonds is 10. The lowest BCUT2D eigenvalue weighted by atomic mass is 10.0. The van der Waals surface area contributed by atoms with Crippen molar-refractivity contribution in [1.82, 2.24) is 13.9 Å². The first-order valence-corrected chi connectivity index (χ1v) is 15.1. The highest BCUT2D eigenvalue weighted by molar-refractivity contribution is 7.89. The molecule has 0 aromatic heterocycles. The average molecular weight is 568 g/mol. The number of nitrogens with zero attached hydrogens (tertiary/aromatic N) is 2. The zero-order valence-corrected chi connectivity index (χ0v) is 23.4. The van der Waals surface area contributed by atoms with Gasteiger partial charge < -0.3 is 14.4 Å². The van der Waals surface area contributed by atoms with Gasteiger partial charge in [0, 0.05) is 26.2 Å². The van der Waals surface area contributed by atoms with Gasteiger partial charge in [0.15, 0.2) is 0 Å². The Hall–Kier alpha value is -3.00. The lowest BCUT2D eigenvalue weighted by Crippen LogP contribution is -2.57. The quantitative estimate of drug-likeness (QED) is 0.428. The summed E-state index contributed by atoms with van der Waals surface area (Å²) in [5.74, 6) is -0.808. The summed E-state index contributed by atoms with van der Waals surface area (Å²) in [6, 6.07) is 10.3. The Labute approximate surface area is 223 Å². The van der Waals surface area contributed by atoms with Gasteiger partial charge in [-0.1, -0.05) is 13.8 Å². The Balaban J connectivity index is 1.67. The van der Waals surface area contributed by atoms with Crippen molar-refractivity contribution in [2.24, 2.45) is 5.92 Å². The number of amides is 1. The number of benzene rings is 2. The van der Waals surface area contributed by atoms with Gasteiger partial charge in [0.25, 0.3) is 0 Å². The van der Waals surface area contributed by atoms with Crippen LogP contribution in [0.3, 0.4) is 0 Å². The first kappa shape index (κ1) is 29.6. The topological polar surface area (TPSA) is 139 Å². The van der Waals surface area contributed by atoms with Gasteiger partial charge in [-0.25, -0.2) is 21.6 Å². The third kappa shape index (κ3) is 6.70. The molecule has 1 aliphatic heterocycles. The number of carbonyl (C=O) groups excluding carboxylic acids is 2. The minimum absolute atomic E-state index is 0.00152. The van der Waals surface area contributed by atoms with Crippen molar-refractivity contribution < 1.29 is 35.9 Å². The molecular weight excluding hydrogens is 534 g/mol. The van der Waals surface area contributed by atoms with Crippen molar-refractivity contribution in [3.05, 3.63) is 54.1 Å². The first-order valence-electron chi connectivity index (χ1n) is 12.1. The molecule has 1 aliphatic rings. The molecule has 13 heteroatoms. The SMILES string of the molecule is CCOC(=O)c1ccc(S(=O)(=O)N2CCN(C(=O)C(NS(=O)(=O)c3ccc(OC)cc3)C(C)C)CC2)cc1. The molecule has 0 bridgehead atoms. The van der Waals surface area contributed by atoms with Crippen LogP contribution in [0.5, 0.6) is 5.75 Å². The molecule has 1 amide bonds. The maximum atomic E-state index is 13.3. The monoisotopic (exact) mass is 567 g/mol. The van der Waals surface area contributed by atoms with Crippen LogP contribution in [0.4, 0.5) is 0 Å². The van der Waals surface area contributed by atoms with Crippen LogP contribution in [0.2, 0.25) is 0 Å². The third-order valence-electron chi connectivity index (χ3n) is 6.14. The molecule has 1 heterocycles. The van der Waals surface area contributed by atoms with E-state index in [1.165, 1.54) is 64.8 Å². The van der Waals surface area contributed by atoms with Gasteiger partial charge in [0.2, 0.25) is 26.0 Å². The van der Waals surface area contributed by atoms with Gasteiger partial charge >= 0.3 is 5.97 Å². The van der Waals surface area contributed by atoms with E-state index >= 15 is 0 Å². The minimum Gasteiger partial charge on any atom is -0.497 e. The molecule has 2 aromatic rings. The lowest BCUT2D eigenvalue weighted by Gasteiger charge is -2.36. The maximum absolute atomic E-state index is 13.3. The summed E-state index contributed by atoms with van der Waals surface area (Å²) in [6.07, 6.45) is 0. The Morgan fingerprint density at radius 3 is 1.95 bits per heavy atom. The summed E-state index contributed by atoms with van der Waals surface area (Å²) in [6.45, 7) is 5.66. The predicted octanol–water partition coefficient (Wildman–Crippen LogP) is 1.71. The molecule has 0 spiro atoms. The van der Waals surface area contributed by atoms with Gasteiger partial charge in [-0.2, -0.15) is 9.03 Å². The van der Waals surface area contributed by atoms with Gasteiger partial charge in [0.1, 0.15) is 11.8 Å². The highest BCUT2D eigenvalue weighted by atomic mass is 32.2. The summed E-state index contributed by atoms with van der Waals surface area (Å²) < 4.78 is 65.8. The van der Waals surface area contributed by atoms with E-state index in [9.17, 15) is 26.4 Å². The number of methoxy groups -OCH3 is 1.